The summed E-state index contributed by atoms with van der Waals surface area (Å²) in [7, 11) is 0. The van der Waals surface area contributed by atoms with Crippen LogP contribution >= 0.6 is 0 Å². The van der Waals surface area contributed by atoms with Gasteiger partial charge >= 0.3 is 0 Å². The van der Waals surface area contributed by atoms with Crippen LogP contribution in [0.1, 0.15) is 20.8 Å². The number of hydrogen-bond acceptors (Lipinski definition) is 1. The number of rotatable bonds is 3. The maximum atomic E-state index is 6.83. The van der Waals surface area contributed by atoms with Gasteiger partial charge in [-0.2, -0.15) is 0 Å². The zero-order valence-electron chi connectivity index (χ0n) is 6.89. The van der Waals surface area contributed by atoms with Crippen molar-refractivity contribution in [2.24, 2.45) is 5.92 Å². The second-order valence-corrected chi connectivity index (χ2v) is 2.39. The molecule has 1 unspecified atom stereocenters. The monoisotopic (exact) mass is 137 g/mol. The molecule has 0 aromatic rings. The third-order valence-corrected chi connectivity index (χ3v) is 1.55. The van der Waals surface area contributed by atoms with E-state index in [2.05, 4.69) is 13.0 Å². The van der Waals surface area contributed by atoms with Crippen molar-refractivity contribution >= 4 is 6.21 Å². The largest absolute Gasteiger partial charge is 0.309 e. The van der Waals surface area contributed by atoms with Crippen molar-refractivity contribution in [1.29, 1.82) is 5.41 Å². The van der Waals surface area contributed by atoms with Gasteiger partial charge in [0.1, 0.15) is 0 Å². The van der Waals surface area contributed by atoms with E-state index >= 15 is 0 Å². The van der Waals surface area contributed by atoms with E-state index in [1.54, 1.807) is 0 Å². The molecule has 56 valence electrons. The molecule has 1 atom stereocenters. The van der Waals surface area contributed by atoms with Crippen molar-refractivity contribution in [2.75, 3.05) is 0 Å². The third-order valence-electron chi connectivity index (χ3n) is 1.55. The minimum Gasteiger partial charge on any atom is -0.309 e. The lowest BCUT2D eigenvalue weighted by Crippen LogP contribution is -1.90. The maximum absolute atomic E-state index is 6.83. The first-order valence-electron chi connectivity index (χ1n) is 3.52. The van der Waals surface area contributed by atoms with Crippen molar-refractivity contribution in [1.82, 2.24) is 0 Å². The molecule has 0 amide bonds. The van der Waals surface area contributed by atoms with Crippen LogP contribution in [0.5, 0.6) is 0 Å². The molecule has 0 saturated carbocycles. The Morgan fingerprint density at radius 2 is 2.10 bits per heavy atom. The van der Waals surface area contributed by atoms with Gasteiger partial charge in [-0.15, -0.1) is 0 Å². The molecular formula is C9H15N. The third kappa shape index (κ3) is 3.23. The summed E-state index contributed by atoms with van der Waals surface area (Å²) in [5.74, 6) is 0.464. The number of allylic oxidation sites excluding steroid dienone is 4. The molecule has 10 heavy (non-hydrogen) atoms. The molecule has 1 nitrogen and oxygen atoms in total. The predicted octanol–water partition coefficient (Wildman–Crippen LogP) is 2.79. The summed E-state index contributed by atoms with van der Waals surface area (Å²) in [4.78, 5) is 0. The molecule has 0 rings (SSSR count). The Morgan fingerprint density at radius 3 is 2.50 bits per heavy atom. The molecule has 0 radical (unpaired) electrons. The second-order valence-electron chi connectivity index (χ2n) is 2.39. The standard InChI is InChI=1S/C9H15N/c1-4-5-8(2)9(3)6-7-10/h4-8,10H,1-3H3/b5-4-,9-6-,10-7?. The lowest BCUT2D eigenvalue weighted by atomic mass is 10.0. The Bertz CT molecular complexity index is 154. The van der Waals surface area contributed by atoms with Gasteiger partial charge in [-0.05, 0) is 25.8 Å². The molecule has 0 aromatic carbocycles. The minimum atomic E-state index is 0.464. The molecule has 0 aliphatic rings. The molecule has 1 heteroatoms. The fraction of sp³-hybridized carbons (Fsp3) is 0.444. The van der Waals surface area contributed by atoms with Crippen LogP contribution in [0.3, 0.4) is 0 Å². The predicted molar refractivity (Wildman–Crippen MR) is 46.5 cm³/mol. The summed E-state index contributed by atoms with van der Waals surface area (Å²) >= 11 is 0. The first-order chi connectivity index (χ1) is 4.72. The molecule has 0 aliphatic carbocycles. The first-order valence-corrected chi connectivity index (χ1v) is 3.52. The summed E-state index contributed by atoms with van der Waals surface area (Å²) in [6.07, 6.45) is 7.31. The highest BCUT2D eigenvalue weighted by Gasteiger charge is 1.95. The fourth-order valence-corrected chi connectivity index (χ4v) is 0.724. The van der Waals surface area contributed by atoms with E-state index in [1.807, 2.05) is 26.0 Å². The van der Waals surface area contributed by atoms with Crippen molar-refractivity contribution in [2.45, 2.75) is 20.8 Å². The Morgan fingerprint density at radius 1 is 1.50 bits per heavy atom. The summed E-state index contributed by atoms with van der Waals surface area (Å²) < 4.78 is 0. The zero-order valence-corrected chi connectivity index (χ0v) is 6.89. The molecule has 1 N–H and O–H groups in total. The van der Waals surface area contributed by atoms with Crippen LogP contribution in [0.15, 0.2) is 23.8 Å². The molecule has 0 saturated heterocycles. The molecule has 0 aliphatic heterocycles. The lowest BCUT2D eigenvalue weighted by Gasteiger charge is -2.03. The van der Waals surface area contributed by atoms with E-state index < -0.39 is 0 Å². The van der Waals surface area contributed by atoms with E-state index in [4.69, 9.17) is 5.41 Å². The minimum absolute atomic E-state index is 0.464. The van der Waals surface area contributed by atoms with E-state index in [0.717, 1.165) is 0 Å². The van der Waals surface area contributed by atoms with Crippen molar-refractivity contribution in [3.05, 3.63) is 23.8 Å². The quantitative estimate of drug-likeness (QED) is 0.457. The highest BCUT2D eigenvalue weighted by atomic mass is 14.3. The summed E-state index contributed by atoms with van der Waals surface area (Å²) in [5, 5.41) is 6.83. The molecule has 0 aromatic heterocycles. The van der Waals surface area contributed by atoms with Crippen LogP contribution < -0.4 is 0 Å². The van der Waals surface area contributed by atoms with Gasteiger partial charge in [-0.1, -0.05) is 24.6 Å². The Kier molecular flexibility index (Phi) is 4.55. The molecular weight excluding hydrogens is 122 g/mol. The smallest absolute Gasteiger partial charge is 0.0177 e. The van der Waals surface area contributed by atoms with Crippen LogP contribution in [0.4, 0.5) is 0 Å². The van der Waals surface area contributed by atoms with E-state index in [-0.39, 0.29) is 0 Å². The van der Waals surface area contributed by atoms with Gasteiger partial charge in [-0.3, -0.25) is 0 Å². The summed E-state index contributed by atoms with van der Waals surface area (Å²) in [6.45, 7) is 6.17. The highest BCUT2D eigenvalue weighted by molar-refractivity contribution is 5.68. The Balaban J connectivity index is 4.05. The van der Waals surface area contributed by atoms with E-state index in [9.17, 15) is 0 Å². The Labute approximate surface area is 63.0 Å². The zero-order chi connectivity index (χ0) is 7.98. The van der Waals surface area contributed by atoms with Crippen molar-refractivity contribution < 1.29 is 0 Å². The number of nitrogens with one attached hydrogen (secondary N) is 1. The van der Waals surface area contributed by atoms with Gasteiger partial charge in [0, 0.05) is 6.21 Å². The fourth-order valence-electron chi connectivity index (χ4n) is 0.724. The van der Waals surface area contributed by atoms with Crippen LogP contribution in [-0.2, 0) is 0 Å². The van der Waals surface area contributed by atoms with Crippen LogP contribution in [-0.4, -0.2) is 6.21 Å². The summed E-state index contributed by atoms with van der Waals surface area (Å²) in [6, 6.07) is 0. The highest BCUT2D eigenvalue weighted by Crippen LogP contribution is 2.09. The topological polar surface area (TPSA) is 23.9 Å². The van der Waals surface area contributed by atoms with Gasteiger partial charge in [0.2, 0.25) is 0 Å². The van der Waals surface area contributed by atoms with Crippen molar-refractivity contribution in [3.63, 3.8) is 0 Å². The average Bonchev–Trinajstić information content (AvgIpc) is 1.89. The van der Waals surface area contributed by atoms with Crippen LogP contribution in [0, 0.1) is 11.3 Å². The van der Waals surface area contributed by atoms with Crippen LogP contribution in [0.25, 0.3) is 0 Å². The second kappa shape index (κ2) is 4.98. The Hall–Kier alpha value is -0.850. The van der Waals surface area contributed by atoms with Gasteiger partial charge in [-0.25, -0.2) is 0 Å². The van der Waals surface area contributed by atoms with E-state index in [1.165, 1.54) is 11.8 Å². The van der Waals surface area contributed by atoms with Gasteiger partial charge in [0.15, 0.2) is 0 Å². The maximum Gasteiger partial charge on any atom is 0.0177 e. The van der Waals surface area contributed by atoms with Gasteiger partial charge in [0.05, 0.1) is 0 Å². The molecule has 0 spiro atoms. The molecule has 0 fully saturated rings. The van der Waals surface area contributed by atoms with E-state index in [0.29, 0.717) is 5.92 Å². The SMILES string of the molecule is C/C=C\C(C)/C(C)=C\C=N. The number of hydrogen-bond donors (Lipinski definition) is 1. The molecule has 0 heterocycles. The summed E-state index contributed by atoms with van der Waals surface area (Å²) in [5.41, 5.74) is 1.23. The average molecular weight is 137 g/mol. The van der Waals surface area contributed by atoms with Crippen LogP contribution in [0.2, 0.25) is 0 Å². The first kappa shape index (κ1) is 9.15. The normalized spacial score (nSPS) is 15.7. The van der Waals surface area contributed by atoms with Crippen molar-refractivity contribution in [3.8, 4) is 0 Å². The van der Waals surface area contributed by atoms with Gasteiger partial charge in [0.25, 0.3) is 0 Å². The lowest BCUT2D eigenvalue weighted by molar-refractivity contribution is 0.863. The molecule has 0 bridgehead atoms. The van der Waals surface area contributed by atoms with Gasteiger partial charge < -0.3 is 5.41 Å².